The van der Waals surface area contributed by atoms with E-state index in [0.29, 0.717) is 16.7 Å². The van der Waals surface area contributed by atoms with E-state index in [-0.39, 0.29) is 6.42 Å². The smallest absolute Gasteiger partial charge is 0.306 e. The van der Waals surface area contributed by atoms with Crippen LogP contribution in [0.1, 0.15) is 12.7 Å². The Hall–Kier alpha value is -1.91. The van der Waals surface area contributed by atoms with Gasteiger partial charge < -0.3 is 9.63 Å². The number of carboxylic acid groups (broad SMARTS) is 1. The maximum absolute atomic E-state index is 12.9. The largest absolute Gasteiger partial charge is 0.481 e. The quantitative estimate of drug-likeness (QED) is 0.866. The Bertz CT molecular complexity index is 535. The summed E-state index contributed by atoms with van der Waals surface area (Å²) in [6.45, 7) is 1.58. The number of fused-ring (bicyclic) bond motifs is 1. The van der Waals surface area contributed by atoms with Crippen LogP contribution in [-0.4, -0.2) is 16.2 Å². The van der Waals surface area contributed by atoms with Crippen molar-refractivity contribution in [3.63, 3.8) is 0 Å². The Morgan fingerprint density at radius 2 is 2.38 bits per heavy atom. The number of aliphatic carboxylic acids is 1. The fourth-order valence-corrected chi connectivity index (χ4v) is 1.48. The summed E-state index contributed by atoms with van der Waals surface area (Å²) in [5.74, 6) is -1.36. The van der Waals surface area contributed by atoms with Gasteiger partial charge in [0.05, 0.1) is 5.92 Å². The lowest BCUT2D eigenvalue weighted by Crippen LogP contribution is -2.11. The van der Waals surface area contributed by atoms with Gasteiger partial charge in [0.25, 0.3) is 0 Å². The molecule has 2 aromatic rings. The topological polar surface area (TPSA) is 63.3 Å². The molecule has 84 valence electrons. The first-order chi connectivity index (χ1) is 7.58. The Morgan fingerprint density at radius 3 is 3.06 bits per heavy atom. The van der Waals surface area contributed by atoms with E-state index < -0.39 is 17.7 Å². The molecule has 0 spiro atoms. The molecular weight excluding hydrogens is 213 g/mol. The lowest BCUT2D eigenvalue weighted by atomic mass is 10.0. The van der Waals surface area contributed by atoms with Crippen molar-refractivity contribution in [1.82, 2.24) is 5.16 Å². The number of halogens is 1. The van der Waals surface area contributed by atoms with Gasteiger partial charge in [0.15, 0.2) is 0 Å². The van der Waals surface area contributed by atoms with Gasteiger partial charge in [-0.25, -0.2) is 4.39 Å². The van der Waals surface area contributed by atoms with E-state index in [1.165, 1.54) is 12.1 Å². The van der Waals surface area contributed by atoms with Crippen molar-refractivity contribution in [3.8, 4) is 0 Å². The third-order valence-electron chi connectivity index (χ3n) is 2.43. The Labute approximate surface area is 90.7 Å². The van der Waals surface area contributed by atoms with Gasteiger partial charge in [-0.2, -0.15) is 0 Å². The minimum Gasteiger partial charge on any atom is -0.481 e. The van der Waals surface area contributed by atoms with E-state index in [4.69, 9.17) is 9.63 Å². The first kappa shape index (κ1) is 10.6. The van der Waals surface area contributed by atoms with Gasteiger partial charge in [-0.1, -0.05) is 12.1 Å². The predicted molar refractivity (Wildman–Crippen MR) is 54.5 cm³/mol. The van der Waals surface area contributed by atoms with E-state index in [0.717, 1.165) is 0 Å². The minimum atomic E-state index is -0.897. The molecule has 1 N–H and O–H groups in total. The molecule has 0 amide bonds. The maximum Gasteiger partial charge on any atom is 0.306 e. The van der Waals surface area contributed by atoms with Gasteiger partial charge in [-0.3, -0.25) is 4.79 Å². The number of rotatable bonds is 3. The summed E-state index contributed by atoms with van der Waals surface area (Å²) in [6.07, 6.45) is 0.247. The number of hydrogen-bond acceptors (Lipinski definition) is 3. The molecule has 2 rings (SSSR count). The highest BCUT2D eigenvalue weighted by atomic mass is 19.1. The summed E-state index contributed by atoms with van der Waals surface area (Å²) in [7, 11) is 0. The molecule has 1 aromatic carbocycles. The molecule has 0 aliphatic carbocycles. The molecule has 0 aliphatic rings. The van der Waals surface area contributed by atoms with Crippen molar-refractivity contribution >= 4 is 16.9 Å². The molecular formula is C11H10FNO3. The van der Waals surface area contributed by atoms with Crippen molar-refractivity contribution in [1.29, 1.82) is 0 Å². The molecule has 1 atom stereocenters. The van der Waals surface area contributed by atoms with E-state index in [2.05, 4.69) is 5.16 Å². The third-order valence-corrected chi connectivity index (χ3v) is 2.43. The average Bonchev–Trinajstić information content (AvgIpc) is 2.60. The molecule has 16 heavy (non-hydrogen) atoms. The zero-order valence-corrected chi connectivity index (χ0v) is 8.61. The molecule has 5 heteroatoms. The second kappa shape index (κ2) is 3.92. The molecule has 1 heterocycles. The van der Waals surface area contributed by atoms with Crippen LogP contribution < -0.4 is 0 Å². The SMILES string of the molecule is CC(Cc1onc2cc(F)ccc12)C(=O)O. The van der Waals surface area contributed by atoms with Gasteiger partial charge >= 0.3 is 5.97 Å². The Kier molecular flexibility index (Phi) is 2.60. The summed E-state index contributed by atoms with van der Waals surface area (Å²) in [5, 5.41) is 13.1. The summed E-state index contributed by atoms with van der Waals surface area (Å²) in [6, 6.07) is 4.10. The molecule has 0 radical (unpaired) electrons. The number of carboxylic acids is 1. The fraction of sp³-hybridized carbons (Fsp3) is 0.273. The van der Waals surface area contributed by atoms with E-state index in [1.54, 1.807) is 13.0 Å². The predicted octanol–water partition coefficient (Wildman–Crippen LogP) is 2.23. The molecule has 0 saturated carbocycles. The first-order valence-electron chi connectivity index (χ1n) is 4.84. The van der Waals surface area contributed by atoms with Crippen LogP contribution in [-0.2, 0) is 11.2 Å². The van der Waals surface area contributed by atoms with Crippen LogP contribution in [0.25, 0.3) is 10.9 Å². The van der Waals surface area contributed by atoms with E-state index >= 15 is 0 Å². The summed E-state index contributed by atoms with van der Waals surface area (Å²) in [5.41, 5.74) is 0.410. The van der Waals surface area contributed by atoms with Crippen LogP contribution in [0.2, 0.25) is 0 Å². The van der Waals surface area contributed by atoms with Crippen LogP contribution in [0.5, 0.6) is 0 Å². The second-order valence-electron chi connectivity index (χ2n) is 3.71. The van der Waals surface area contributed by atoms with Gasteiger partial charge in [0.2, 0.25) is 0 Å². The lowest BCUT2D eigenvalue weighted by Gasteiger charge is -2.01. The van der Waals surface area contributed by atoms with Crippen LogP contribution in [0.15, 0.2) is 22.7 Å². The summed E-state index contributed by atoms with van der Waals surface area (Å²) >= 11 is 0. The van der Waals surface area contributed by atoms with Crippen LogP contribution in [0, 0.1) is 11.7 Å². The normalized spacial score (nSPS) is 12.9. The molecule has 0 fully saturated rings. The first-order valence-corrected chi connectivity index (χ1v) is 4.84. The van der Waals surface area contributed by atoms with Crippen LogP contribution in [0.3, 0.4) is 0 Å². The average molecular weight is 223 g/mol. The lowest BCUT2D eigenvalue weighted by molar-refractivity contribution is -0.141. The third kappa shape index (κ3) is 1.88. The second-order valence-corrected chi connectivity index (χ2v) is 3.71. The van der Waals surface area contributed by atoms with Gasteiger partial charge in [0.1, 0.15) is 17.1 Å². The molecule has 0 bridgehead atoms. The number of carbonyl (C=O) groups is 1. The highest BCUT2D eigenvalue weighted by Gasteiger charge is 2.17. The van der Waals surface area contributed by atoms with Gasteiger partial charge in [0, 0.05) is 17.9 Å². The van der Waals surface area contributed by atoms with Gasteiger partial charge in [-0.15, -0.1) is 0 Å². The van der Waals surface area contributed by atoms with Crippen LogP contribution in [0.4, 0.5) is 4.39 Å². The summed E-state index contributed by atoms with van der Waals surface area (Å²) in [4.78, 5) is 10.7. The van der Waals surface area contributed by atoms with Crippen LogP contribution >= 0.6 is 0 Å². The molecule has 1 unspecified atom stereocenters. The van der Waals surface area contributed by atoms with E-state index in [9.17, 15) is 9.18 Å². The standard InChI is InChI=1S/C11H10FNO3/c1-6(11(14)15)4-10-8-3-2-7(12)5-9(8)13-16-10/h2-3,5-6H,4H2,1H3,(H,14,15). The highest BCUT2D eigenvalue weighted by molar-refractivity contribution is 5.81. The van der Waals surface area contributed by atoms with Crippen molar-refractivity contribution in [3.05, 3.63) is 29.8 Å². The number of aromatic nitrogens is 1. The molecule has 4 nitrogen and oxygen atoms in total. The minimum absolute atomic E-state index is 0.247. The van der Waals surface area contributed by atoms with Crippen molar-refractivity contribution in [2.24, 2.45) is 5.92 Å². The van der Waals surface area contributed by atoms with Crippen molar-refractivity contribution in [2.45, 2.75) is 13.3 Å². The zero-order chi connectivity index (χ0) is 11.7. The molecule has 1 aromatic heterocycles. The van der Waals surface area contributed by atoms with Crippen molar-refractivity contribution < 1.29 is 18.8 Å². The van der Waals surface area contributed by atoms with Gasteiger partial charge in [-0.05, 0) is 12.1 Å². The molecule has 0 aliphatic heterocycles. The zero-order valence-electron chi connectivity index (χ0n) is 8.61. The maximum atomic E-state index is 12.9. The Balaban J connectivity index is 2.35. The number of hydrogen-bond donors (Lipinski definition) is 1. The summed E-state index contributed by atoms with van der Waals surface area (Å²) < 4.78 is 17.9. The number of benzene rings is 1. The fourth-order valence-electron chi connectivity index (χ4n) is 1.48. The Morgan fingerprint density at radius 1 is 1.62 bits per heavy atom. The van der Waals surface area contributed by atoms with E-state index in [1.807, 2.05) is 0 Å². The van der Waals surface area contributed by atoms with Crippen molar-refractivity contribution in [2.75, 3.05) is 0 Å². The molecule has 0 saturated heterocycles. The monoisotopic (exact) mass is 223 g/mol. The highest BCUT2D eigenvalue weighted by Crippen LogP contribution is 2.21. The number of nitrogens with zero attached hydrogens (tertiary/aromatic N) is 1.